The minimum atomic E-state index is 0.0180. The minimum absolute atomic E-state index is 0.0180. The Morgan fingerprint density at radius 1 is 1.50 bits per heavy atom. The molecule has 0 bridgehead atoms. The molecule has 1 heterocycles. The Morgan fingerprint density at radius 2 is 2.29 bits per heavy atom. The van der Waals surface area contributed by atoms with Crippen molar-refractivity contribution in [3.05, 3.63) is 23.1 Å². The zero-order valence-electron chi connectivity index (χ0n) is 7.78. The standard InChI is InChI=1S/C10H11NO2S/c1-13-8-2-6(4-12)3-9-10(8)7(11)5-14-9/h2-3,5,12H,4,11H2,1H3. The fourth-order valence-corrected chi connectivity index (χ4v) is 2.39. The van der Waals surface area contributed by atoms with Gasteiger partial charge in [-0.15, -0.1) is 11.3 Å². The van der Waals surface area contributed by atoms with Gasteiger partial charge in [-0.25, -0.2) is 0 Å². The van der Waals surface area contributed by atoms with E-state index in [1.807, 2.05) is 17.5 Å². The summed E-state index contributed by atoms with van der Waals surface area (Å²) in [4.78, 5) is 0. The summed E-state index contributed by atoms with van der Waals surface area (Å²) >= 11 is 1.56. The molecule has 1 aromatic heterocycles. The zero-order valence-corrected chi connectivity index (χ0v) is 8.60. The van der Waals surface area contributed by atoms with Crippen LogP contribution in [0.5, 0.6) is 5.75 Å². The maximum Gasteiger partial charge on any atom is 0.129 e. The quantitative estimate of drug-likeness (QED) is 0.795. The molecule has 3 N–H and O–H groups in total. The molecule has 2 rings (SSSR count). The van der Waals surface area contributed by atoms with E-state index in [9.17, 15) is 0 Å². The van der Waals surface area contributed by atoms with Crippen LogP contribution >= 0.6 is 11.3 Å². The molecule has 1 aromatic carbocycles. The lowest BCUT2D eigenvalue weighted by Crippen LogP contribution is -1.90. The molecule has 0 radical (unpaired) electrons. The van der Waals surface area contributed by atoms with Gasteiger partial charge < -0.3 is 15.6 Å². The van der Waals surface area contributed by atoms with E-state index in [1.54, 1.807) is 18.4 Å². The number of methoxy groups -OCH3 is 1. The molecule has 0 spiro atoms. The number of nitrogen functional groups attached to an aromatic ring is 1. The number of benzene rings is 1. The van der Waals surface area contributed by atoms with Gasteiger partial charge in [0.25, 0.3) is 0 Å². The highest BCUT2D eigenvalue weighted by molar-refractivity contribution is 7.17. The fraction of sp³-hybridized carbons (Fsp3) is 0.200. The van der Waals surface area contributed by atoms with Crippen molar-refractivity contribution in [3.63, 3.8) is 0 Å². The maximum absolute atomic E-state index is 9.04. The van der Waals surface area contributed by atoms with Gasteiger partial charge >= 0.3 is 0 Å². The summed E-state index contributed by atoms with van der Waals surface area (Å²) in [6.45, 7) is 0.0180. The molecule has 0 fully saturated rings. The summed E-state index contributed by atoms with van der Waals surface area (Å²) in [5.41, 5.74) is 7.38. The molecule has 0 aliphatic carbocycles. The van der Waals surface area contributed by atoms with Crippen LogP contribution in [0.4, 0.5) is 5.69 Å². The van der Waals surface area contributed by atoms with E-state index < -0.39 is 0 Å². The largest absolute Gasteiger partial charge is 0.496 e. The molecule has 0 saturated carbocycles. The lowest BCUT2D eigenvalue weighted by Gasteiger charge is -2.05. The van der Waals surface area contributed by atoms with Crippen LogP contribution < -0.4 is 10.5 Å². The average molecular weight is 209 g/mol. The monoisotopic (exact) mass is 209 g/mol. The second kappa shape index (κ2) is 3.48. The number of fused-ring (bicyclic) bond motifs is 1. The summed E-state index contributed by atoms with van der Waals surface area (Å²) in [7, 11) is 1.60. The summed E-state index contributed by atoms with van der Waals surface area (Å²) in [6.07, 6.45) is 0. The van der Waals surface area contributed by atoms with E-state index >= 15 is 0 Å². The number of thiophene rings is 1. The molecule has 0 amide bonds. The summed E-state index contributed by atoms with van der Waals surface area (Å²) < 4.78 is 6.27. The third kappa shape index (κ3) is 1.32. The number of aliphatic hydroxyl groups excluding tert-OH is 1. The van der Waals surface area contributed by atoms with E-state index in [2.05, 4.69) is 0 Å². The van der Waals surface area contributed by atoms with Crippen LogP contribution in [0.3, 0.4) is 0 Å². The Balaban J connectivity index is 2.76. The Labute approximate surface area is 85.7 Å². The molecule has 2 aromatic rings. The molecular formula is C10H11NO2S. The van der Waals surface area contributed by atoms with E-state index in [-0.39, 0.29) is 6.61 Å². The summed E-state index contributed by atoms with van der Waals surface area (Å²) in [5, 5.41) is 11.9. The molecule has 0 aliphatic rings. The topological polar surface area (TPSA) is 55.5 Å². The normalized spacial score (nSPS) is 10.7. The first-order valence-electron chi connectivity index (χ1n) is 4.20. The first-order valence-corrected chi connectivity index (χ1v) is 5.08. The van der Waals surface area contributed by atoms with Crippen LogP contribution in [0.1, 0.15) is 5.56 Å². The average Bonchev–Trinajstić information content (AvgIpc) is 2.59. The second-order valence-corrected chi connectivity index (χ2v) is 3.93. The molecule has 0 atom stereocenters. The number of aliphatic hydroxyl groups is 1. The number of hydrogen-bond acceptors (Lipinski definition) is 4. The van der Waals surface area contributed by atoms with E-state index in [1.165, 1.54) is 0 Å². The maximum atomic E-state index is 9.04. The van der Waals surface area contributed by atoms with Crippen molar-refractivity contribution in [1.82, 2.24) is 0 Å². The predicted octanol–water partition coefficient (Wildman–Crippen LogP) is 1.98. The number of nitrogens with two attached hydrogens (primary N) is 1. The second-order valence-electron chi connectivity index (χ2n) is 3.02. The SMILES string of the molecule is COc1cc(CO)cc2scc(N)c12. The highest BCUT2D eigenvalue weighted by Gasteiger charge is 2.08. The third-order valence-electron chi connectivity index (χ3n) is 2.13. The summed E-state index contributed by atoms with van der Waals surface area (Å²) in [6, 6.07) is 3.74. The molecule has 3 nitrogen and oxygen atoms in total. The molecule has 0 unspecified atom stereocenters. The first-order chi connectivity index (χ1) is 6.76. The molecule has 74 valence electrons. The Kier molecular flexibility index (Phi) is 2.31. The lowest BCUT2D eigenvalue weighted by molar-refractivity contribution is 0.281. The molecule has 0 aliphatic heterocycles. The van der Waals surface area contributed by atoms with Crippen LogP contribution in [0, 0.1) is 0 Å². The summed E-state index contributed by atoms with van der Waals surface area (Å²) in [5.74, 6) is 0.727. The molecule has 14 heavy (non-hydrogen) atoms. The Hall–Kier alpha value is -1.26. The highest BCUT2D eigenvalue weighted by Crippen LogP contribution is 2.36. The van der Waals surface area contributed by atoms with Gasteiger partial charge in [-0.3, -0.25) is 0 Å². The number of ether oxygens (including phenoxy) is 1. The highest BCUT2D eigenvalue weighted by atomic mass is 32.1. The van der Waals surface area contributed by atoms with Crippen molar-refractivity contribution in [2.24, 2.45) is 0 Å². The van der Waals surface area contributed by atoms with Gasteiger partial charge in [-0.1, -0.05) is 0 Å². The Morgan fingerprint density at radius 3 is 2.93 bits per heavy atom. The van der Waals surface area contributed by atoms with Crippen LogP contribution in [0.15, 0.2) is 17.5 Å². The zero-order chi connectivity index (χ0) is 10.1. The number of hydrogen-bond donors (Lipinski definition) is 2. The van der Waals surface area contributed by atoms with Crippen LogP contribution in [0.25, 0.3) is 10.1 Å². The van der Waals surface area contributed by atoms with Crippen molar-refractivity contribution in [2.75, 3.05) is 12.8 Å². The molecule has 0 saturated heterocycles. The van der Waals surface area contributed by atoms with Gasteiger partial charge in [-0.05, 0) is 17.7 Å². The van der Waals surface area contributed by atoms with Gasteiger partial charge in [0.05, 0.1) is 24.8 Å². The number of anilines is 1. The van der Waals surface area contributed by atoms with Gasteiger partial charge in [0.1, 0.15) is 5.75 Å². The predicted molar refractivity (Wildman–Crippen MR) is 58.7 cm³/mol. The van der Waals surface area contributed by atoms with Crippen molar-refractivity contribution in [1.29, 1.82) is 0 Å². The third-order valence-corrected chi connectivity index (χ3v) is 3.08. The van der Waals surface area contributed by atoms with Crippen molar-refractivity contribution in [2.45, 2.75) is 6.61 Å². The van der Waals surface area contributed by atoms with Crippen LogP contribution in [-0.2, 0) is 6.61 Å². The van der Waals surface area contributed by atoms with Crippen molar-refractivity contribution in [3.8, 4) is 5.75 Å². The van der Waals surface area contributed by atoms with E-state index in [0.717, 1.165) is 27.1 Å². The smallest absolute Gasteiger partial charge is 0.129 e. The van der Waals surface area contributed by atoms with Gasteiger partial charge in [0.2, 0.25) is 0 Å². The van der Waals surface area contributed by atoms with Gasteiger partial charge in [0.15, 0.2) is 0 Å². The number of rotatable bonds is 2. The van der Waals surface area contributed by atoms with Crippen LogP contribution in [0.2, 0.25) is 0 Å². The van der Waals surface area contributed by atoms with Gasteiger partial charge in [-0.2, -0.15) is 0 Å². The first kappa shape index (κ1) is 9.30. The van der Waals surface area contributed by atoms with E-state index in [4.69, 9.17) is 15.6 Å². The van der Waals surface area contributed by atoms with E-state index in [0.29, 0.717) is 0 Å². The fourth-order valence-electron chi connectivity index (χ4n) is 1.46. The molecular weight excluding hydrogens is 198 g/mol. The van der Waals surface area contributed by atoms with Crippen molar-refractivity contribution >= 4 is 27.1 Å². The lowest BCUT2D eigenvalue weighted by atomic mass is 10.1. The molecule has 4 heteroatoms. The Bertz CT molecular complexity index is 464. The van der Waals surface area contributed by atoms with Crippen molar-refractivity contribution < 1.29 is 9.84 Å². The van der Waals surface area contributed by atoms with Gasteiger partial charge in [0, 0.05) is 10.1 Å². The van der Waals surface area contributed by atoms with Crippen LogP contribution in [-0.4, -0.2) is 12.2 Å². The minimum Gasteiger partial charge on any atom is -0.496 e.